The van der Waals surface area contributed by atoms with E-state index in [1.54, 1.807) is 0 Å². The second-order valence-electron chi connectivity index (χ2n) is 7.80. The third kappa shape index (κ3) is 4.51. The number of pyridine rings is 1. The van der Waals surface area contributed by atoms with Gasteiger partial charge in [-0.15, -0.1) is 0 Å². The van der Waals surface area contributed by atoms with Crippen molar-refractivity contribution in [2.75, 3.05) is 13.1 Å². The molecule has 1 saturated heterocycles. The zero-order valence-electron chi connectivity index (χ0n) is 15.4. The normalized spacial score (nSPS) is 29.6. The molecule has 138 valence electrons. The summed E-state index contributed by atoms with van der Waals surface area (Å²) in [7, 11) is 0. The second kappa shape index (κ2) is 8.17. The maximum Gasteiger partial charge on any atom is 0.317 e. The van der Waals surface area contributed by atoms with Crippen LogP contribution >= 0.6 is 0 Å². The van der Waals surface area contributed by atoms with Crippen LogP contribution in [0.4, 0.5) is 4.79 Å². The Morgan fingerprint density at radius 3 is 3.00 bits per heavy atom. The smallest absolute Gasteiger partial charge is 0.317 e. The number of amides is 2. The summed E-state index contributed by atoms with van der Waals surface area (Å²) in [5.74, 6) is 0.877. The fourth-order valence-electron chi connectivity index (χ4n) is 4.45. The van der Waals surface area contributed by atoms with E-state index >= 15 is 0 Å². The highest BCUT2D eigenvalue weighted by Gasteiger charge is 2.40. The number of urea groups is 1. The number of rotatable bonds is 4. The van der Waals surface area contributed by atoms with Crippen LogP contribution in [0, 0.1) is 18.8 Å². The third-order valence-electron chi connectivity index (χ3n) is 5.78. The van der Waals surface area contributed by atoms with Crippen molar-refractivity contribution in [3.05, 3.63) is 29.6 Å². The maximum atomic E-state index is 12.7. The molecule has 0 radical (unpaired) electrons. The first kappa shape index (κ1) is 18.2. The first-order valence-electron chi connectivity index (χ1n) is 9.69. The Morgan fingerprint density at radius 1 is 1.36 bits per heavy atom. The Balaban J connectivity index is 1.53. The van der Waals surface area contributed by atoms with Crippen LogP contribution < -0.4 is 5.32 Å². The molecule has 2 heterocycles. The van der Waals surface area contributed by atoms with Gasteiger partial charge in [-0.05, 0) is 57.1 Å². The number of likely N-dealkylation sites (tertiary alicyclic amines) is 1. The van der Waals surface area contributed by atoms with E-state index in [0.717, 1.165) is 56.5 Å². The molecule has 1 aliphatic carbocycles. The molecule has 5 heteroatoms. The number of aliphatic hydroxyl groups excluding tert-OH is 1. The van der Waals surface area contributed by atoms with Gasteiger partial charge in [-0.2, -0.15) is 0 Å². The molecule has 2 aliphatic rings. The lowest BCUT2D eigenvalue weighted by molar-refractivity contribution is 0.0153. The first-order chi connectivity index (χ1) is 12.0. The molecule has 1 aromatic heterocycles. The van der Waals surface area contributed by atoms with Crippen LogP contribution in [0.25, 0.3) is 0 Å². The lowest BCUT2D eigenvalue weighted by Crippen LogP contribution is -2.49. The number of aliphatic hydroxyl groups is 1. The lowest BCUT2D eigenvalue weighted by Gasteiger charge is -2.39. The van der Waals surface area contributed by atoms with Gasteiger partial charge in [0.2, 0.25) is 0 Å². The van der Waals surface area contributed by atoms with E-state index in [9.17, 15) is 9.90 Å². The number of hydrogen-bond acceptors (Lipinski definition) is 3. The van der Waals surface area contributed by atoms with Gasteiger partial charge in [0.1, 0.15) is 0 Å². The standard InChI is InChI=1S/C20H31N3O2/c1-14-8-9-19(24)17(13-14)18-7-4-12-23(18)20(25)21-11-10-16-6-3-5-15(2)22-16/h3,5-6,14,17-19,24H,4,7-13H2,1-2H3,(H,21,25)/t14-,17+,18-,19+/m1/s1. The molecule has 0 unspecified atom stereocenters. The Kier molecular flexibility index (Phi) is 5.94. The van der Waals surface area contributed by atoms with Crippen molar-refractivity contribution in [1.29, 1.82) is 0 Å². The molecule has 2 N–H and O–H groups in total. The van der Waals surface area contributed by atoms with Gasteiger partial charge in [-0.25, -0.2) is 4.79 Å². The SMILES string of the molecule is Cc1cccc(CCNC(=O)N2CCC[C@@H]2[C@@H]2C[C@H](C)CC[C@@H]2O)n1. The number of carbonyl (C=O) groups is 1. The van der Waals surface area contributed by atoms with Crippen LogP contribution in [0.2, 0.25) is 0 Å². The van der Waals surface area contributed by atoms with Gasteiger partial charge in [0.25, 0.3) is 0 Å². The van der Waals surface area contributed by atoms with Crippen molar-refractivity contribution in [2.45, 2.75) is 64.5 Å². The van der Waals surface area contributed by atoms with Gasteiger partial charge < -0.3 is 15.3 Å². The lowest BCUT2D eigenvalue weighted by atomic mass is 9.76. The van der Waals surface area contributed by atoms with Crippen molar-refractivity contribution >= 4 is 6.03 Å². The minimum Gasteiger partial charge on any atom is -0.393 e. The molecule has 3 rings (SSSR count). The molecule has 2 fully saturated rings. The number of nitrogens with zero attached hydrogens (tertiary/aromatic N) is 2. The van der Waals surface area contributed by atoms with Crippen molar-refractivity contribution in [3.63, 3.8) is 0 Å². The highest BCUT2D eigenvalue weighted by molar-refractivity contribution is 5.74. The van der Waals surface area contributed by atoms with Gasteiger partial charge in [-0.3, -0.25) is 4.98 Å². The van der Waals surface area contributed by atoms with Gasteiger partial charge in [0.05, 0.1) is 6.10 Å². The molecule has 25 heavy (non-hydrogen) atoms. The van der Waals surface area contributed by atoms with E-state index < -0.39 is 0 Å². The summed E-state index contributed by atoms with van der Waals surface area (Å²) in [6.45, 7) is 5.64. The average Bonchev–Trinajstić information content (AvgIpc) is 3.06. The van der Waals surface area contributed by atoms with Crippen molar-refractivity contribution < 1.29 is 9.90 Å². The quantitative estimate of drug-likeness (QED) is 0.882. The summed E-state index contributed by atoms with van der Waals surface area (Å²) in [5.41, 5.74) is 2.01. The molecule has 5 nitrogen and oxygen atoms in total. The van der Waals surface area contributed by atoms with Gasteiger partial charge >= 0.3 is 6.03 Å². The summed E-state index contributed by atoms with van der Waals surface area (Å²) >= 11 is 0. The fourth-order valence-corrected chi connectivity index (χ4v) is 4.45. The fraction of sp³-hybridized carbons (Fsp3) is 0.700. The predicted octanol–water partition coefficient (Wildman–Crippen LogP) is 2.90. The van der Waals surface area contributed by atoms with E-state index in [2.05, 4.69) is 17.2 Å². The molecule has 1 aliphatic heterocycles. The van der Waals surface area contributed by atoms with Crippen molar-refractivity contribution in [1.82, 2.24) is 15.2 Å². The molecule has 0 aromatic carbocycles. The van der Waals surface area contributed by atoms with E-state index in [4.69, 9.17) is 0 Å². The van der Waals surface area contributed by atoms with E-state index in [1.165, 1.54) is 0 Å². The zero-order valence-corrected chi connectivity index (χ0v) is 15.4. The van der Waals surface area contributed by atoms with Crippen LogP contribution in [0.5, 0.6) is 0 Å². The molecule has 1 saturated carbocycles. The monoisotopic (exact) mass is 345 g/mol. The molecule has 1 aromatic rings. The van der Waals surface area contributed by atoms with E-state index in [-0.39, 0.29) is 24.1 Å². The highest BCUT2D eigenvalue weighted by atomic mass is 16.3. The second-order valence-corrected chi connectivity index (χ2v) is 7.80. The van der Waals surface area contributed by atoms with Gasteiger partial charge in [-0.1, -0.05) is 13.0 Å². The zero-order chi connectivity index (χ0) is 17.8. The Labute approximate surface area is 150 Å². The number of aromatic nitrogens is 1. The van der Waals surface area contributed by atoms with Crippen LogP contribution in [-0.4, -0.2) is 46.3 Å². The number of nitrogens with one attached hydrogen (secondary N) is 1. The third-order valence-corrected chi connectivity index (χ3v) is 5.78. The average molecular weight is 345 g/mol. The number of hydrogen-bond donors (Lipinski definition) is 2. The van der Waals surface area contributed by atoms with Crippen LogP contribution in [0.15, 0.2) is 18.2 Å². The van der Waals surface area contributed by atoms with Crippen molar-refractivity contribution in [2.24, 2.45) is 11.8 Å². The Morgan fingerprint density at radius 2 is 2.20 bits per heavy atom. The van der Waals surface area contributed by atoms with Crippen molar-refractivity contribution in [3.8, 4) is 0 Å². The van der Waals surface area contributed by atoms with Gasteiger partial charge in [0, 0.05) is 42.9 Å². The molecule has 2 amide bonds. The van der Waals surface area contributed by atoms with Gasteiger partial charge in [0.15, 0.2) is 0 Å². The van der Waals surface area contributed by atoms with Crippen LogP contribution in [-0.2, 0) is 6.42 Å². The minimum atomic E-state index is -0.258. The molecular weight excluding hydrogens is 314 g/mol. The summed E-state index contributed by atoms with van der Waals surface area (Å²) in [6, 6.07) is 6.18. The molecular formula is C20H31N3O2. The summed E-state index contributed by atoms with van der Waals surface area (Å²) in [5, 5.41) is 13.5. The Hall–Kier alpha value is -1.62. The Bertz CT molecular complexity index is 592. The molecule has 0 bridgehead atoms. The molecule has 0 spiro atoms. The summed E-state index contributed by atoms with van der Waals surface area (Å²) in [4.78, 5) is 19.1. The van der Waals surface area contributed by atoms with Crippen LogP contribution in [0.1, 0.15) is 50.4 Å². The number of carbonyl (C=O) groups excluding carboxylic acids is 1. The highest BCUT2D eigenvalue weighted by Crippen LogP contribution is 2.37. The van der Waals surface area contributed by atoms with Crippen LogP contribution in [0.3, 0.4) is 0 Å². The van der Waals surface area contributed by atoms with E-state index in [1.807, 2.05) is 30.0 Å². The topological polar surface area (TPSA) is 65.5 Å². The summed E-state index contributed by atoms with van der Waals surface area (Å²) in [6.07, 6.45) is 5.54. The minimum absolute atomic E-state index is 0.0144. The first-order valence-corrected chi connectivity index (χ1v) is 9.69. The maximum absolute atomic E-state index is 12.7. The van der Waals surface area contributed by atoms with E-state index in [0.29, 0.717) is 12.5 Å². The molecule has 4 atom stereocenters. The largest absolute Gasteiger partial charge is 0.393 e. The predicted molar refractivity (Wildman–Crippen MR) is 98.3 cm³/mol. The summed E-state index contributed by atoms with van der Waals surface area (Å²) < 4.78 is 0. The number of aryl methyl sites for hydroxylation is 1.